The molecule has 0 saturated carbocycles. The quantitative estimate of drug-likeness (QED) is 0.726. The fourth-order valence-electron chi connectivity index (χ4n) is 3.39. The van der Waals surface area contributed by atoms with Gasteiger partial charge in [0.05, 0.1) is 4.90 Å². The molecule has 8 heteroatoms. The maximum absolute atomic E-state index is 12.5. The van der Waals surface area contributed by atoms with Gasteiger partial charge in [-0.2, -0.15) is 0 Å². The van der Waals surface area contributed by atoms with Gasteiger partial charge in [-0.05, 0) is 30.2 Å². The van der Waals surface area contributed by atoms with Crippen molar-refractivity contribution >= 4 is 27.5 Å². The summed E-state index contributed by atoms with van der Waals surface area (Å²) in [5.41, 5.74) is 1.27. The van der Waals surface area contributed by atoms with Crippen molar-refractivity contribution in [1.29, 1.82) is 0 Å². The summed E-state index contributed by atoms with van der Waals surface area (Å²) < 4.78 is 27.1. The van der Waals surface area contributed by atoms with Crippen molar-refractivity contribution in [3.05, 3.63) is 65.2 Å². The fraction of sp³-hybridized carbons (Fsp3) is 0.381. The number of hydrogen-bond acceptors (Lipinski definition) is 4. The number of rotatable bonds is 7. The Morgan fingerprint density at radius 1 is 1.00 bits per heavy atom. The number of hydrogen-bond donors (Lipinski definition) is 1. The van der Waals surface area contributed by atoms with Crippen LogP contribution in [0.4, 0.5) is 0 Å². The first-order valence-electron chi connectivity index (χ1n) is 9.73. The van der Waals surface area contributed by atoms with Crippen molar-refractivity contribution in [1.82, 2.24) is 14.5 Å². The molecule has 1 N–H and O–H groups in total. The van der Waals surface area contributed by atoms with Crippen LogP contribution in [0.1, 0.15) is 18.4 Å². The molecule has 1 aliphatic heterocycles. The molecule has 156 valence electrons. The Balaban J connectivity index is 1.46. The van der Waals surface area contributed by atoms with E-state index in [9.17, 15) is 13.2 Å². The van der Waals surface area contributed by atoms with E-state index < -0.39 is 10.0 Å². The number of carbonyl (C=O) groups excluding carboxylic acids is 1. The van der Waals surface area contributed by atoms with Crippen LogP contribution in [0.25, 0.3) is 0 Å². The molecular formula is C21H26ClN3O3S. The molecule has 29 heavy (non-hydrogen) atoms. The van der Waals surface area contributed by atoms with Crippen molar-refractivity contribution in [2.75, 3.05) is 32.7 Å². The maximum Gasteiger partial charge on any atom is 0.240 e. The Kier molecular flexibility index (Phi) is 7.66. The average molecular weight is 436 g/mol. The first-order valence-corrected chi connectivity index (χ1v) is 11.6. The molecule has 1 heterocycles. The van der Waals surface area contributed by atoms with Gasteiger partial charge in [0.1, 0.15) is 0 Å². The highest BCUT2D eigenvalue weighted by molar-refractivity contribution is 7.89. The number of carbonyl (C=O) groups is 1. The van der Waals surface area contributed by atoms with Gasteiger partial charge in [0.25, 0.3) is 0 Å². The summed E-state index contributed by atoms with van der Waals surface area (Å²) in [6, 6.07) is 16.4. The van der Waals surface area contributed by atoms with Gasteiger partial charge in [-0.15, -0.1) is 0 Å². The maximum atomic E-state index is 12.5. The van der Waals surface area contributed by atoms with Crippen molar-refractivity contribution in [3.63, 3.8) is 0 Å². The van der Waals surface area contributed by atoms with E-state index in [-0.39, 0.29) is 23.8 Å². The topological polar surface area (TPSA) is 69.7 Å². The molecule has 1 saturated heterocycles. The molecule has 3 rings (SSSR count). The van der Waals surface area contributed by atoms with E-state index >= 15 is 0 Å². The zero-order valence-corrected chi connectivity index (χ0v) is 17.8. The summed E-state index contributed by atoms with van der Waals surface area (Å²) >= 11 is 5.86. The second kappa shape index (κ2) is 10.2. The normalized spacial score (nSPS) is 15.8. The molecule has 0 spiro atoms. The summed E-state index contributed by atoms with van der Waals surface area (Å²) in [6.07, 6.45) is 1.05. The third-order valence-corrected chi connectivity index (χ3v) is 6.62. The Morgan fingerprint density at radius 2 is 1.79 bits per heavy atom. The average Bonchev–Trinajstić information content (AvgIpc) is 2.94. The Bertz CT molecular complexity index is 922. The summed E-state index contributed by atoms with van der Waals surface area (Å²) in [5, 5.41) is 0.355. The van der Waals surface area contributed by atoms with Crippen LogP contribution in [0.15, 0.2) is 59.5 Å². The predicted octanol–water partition coefficient (Wildman–Crippen LogP) is 2.74. The molecular weight excluding hydrogens is 410 g/mol. The van der Waals surface area contributed by atoms with Crippen LogP contribution in [0, 0.1) is 0 Å². The first kappa shape index (κ1) is 21.8. The molecule has 1 aliphatic rings. The summed E-state index contributed by atoms with van der Waals surface area (Å²) in [7, 11) is -3.67. The Labute approximate surface area is 177 Å². The highest BCUT2D eigenvalue weighted by Gasteiger charge is 2.20. The van der Waals surface area contributed by atoms with Crippen LogP contribution < -0.4 is 4.72 Å². The molecule has 2 aromatic carbocycles. The standard InChI is InChI=1S/C21H26ClN3O3S/c22-19-8-4-9-20(16-19)29(27,28)23-11-10-21(26)25-13-5-12-24(14-15-25)17-18-6-2-1-3-7-18/h1-4,6-9,16,23H,5,10-15,17H2. The summed E-state index contributed by atoms with van der Waals surface area (Å²) in [5.74, 6) is -0.0274. The van der Waals surface area contributed by atoms with E-state index in [0.29, 0.717) is 18.1 Å². The van der Waals surface area contributed by atoms with Crippen LogP contribution in [0.5, 0.6) is 0 Å². The van der Waals surface area contributed by atoms with E-state index in [1.807, 2.05) is 23.1 Å². The molecule has 6 nitrogen and oxygen atoms in total. The monoisotopic (exact) mass is 435 g/mol. The lowest BCUT2D eigenvalue weighted by atomic mass is 10.2. The smallest absolute Gasteiger partial charge is 0.240 e. The first-order chi connectivity index (χ1) is 13.9. The second-order valence-corrected chi connectivity index (χ2v) is 9.30. The van der Waals surface area contributed by atoms with E-state index in [0.717, 1.165) is 26.1 Å². The van der Waals surface area contributed by atoms with Crippen LogP contribution in [-0.2, 0) is 21.4 Å². The molecule has 2 aromatic rings. The van der Waals surface area contributed by atoms with Crippen LogP contribution >= 0.6 is 11.6 Å². The van der Waals surface area contributed by atoms with Crippen molar-refractivity contribution in [2.45, 2.75) is 24.3 Å². The number of benzene rings is 2. The molecule has 0 atom stereocenters. The van der Waals surface area contributed by atoms with E-state index in [1.165, 1.54) is 17.7 Å². The zero-order valence-electron chi connectivity index (χ0n) is 16.3. The minimum absolute atomic E-state index is 0.0274. The lowest BCUT2D eigenvalue weighted by molar-refractivity contribution is -0.130. The van der Waals surface area contributed by atoms with E-state index in [4.69, 9.17) is 11.6 Å². The lowest BCUT2D eigenvalue weighted by Crippen LogP contribution is -2.37. The van der Waals surface area contributed by atoms with Gasteiger partial charge in [-0.1, -0.05) is 48.0 Å². The molecule has 0 aromatic heterocycles. The van der Waals surface area contributed by atoms with E-state index in [2.05, 4.69) is 21.8 Å². The molecule has 0 radical (unpaired) electrons. The fourth-order valence-corrected chi connectivity index (χ4v) is 4.72. The Hall–Kier alpha value is -1.93. The van der Waals surface area contributed by atoms with Crippen LogP contribution in [-0.4, -0.2) is 56.8 Å². The number of nitrogens with zero attached hydrogens (tertiary/aromatic N) is 2. The third-order valence-electron chi connectivity index (χ3n) is 4.93. The summed E-state index contributed by atoms with van der Waals surface area (Å²) in [4.78, 5) is 16.8. The molecule has 0 aliphatic carbocycles. The molecule has 0 bridgehead atoms. The van der Waals surface area contributed by atoms with Gasteiger partial charge < -0.3 is 4.90 Å². The zero-order chi connectivity index (χ0) is 20.7. The van der Waals surface area contributed by atoms with Crippen LogP contribution in [0.3, 0.4) is 0 Å². The minimum Gasteiger partial charge on any atom is -0.341 e. The predicted molar refractivity (Wildman–Crippen MR) is 114 cm³/mol. The minimum atomic E-state index is -3.67. The van der Waals surface area contributed by atoms with Crippen molar-refractivity contribution in [2.24, 2.45) is 0 Å². The molecule has 1 fully saturated rings. The second-order valence-electron chi connectivity index (χ2n) is 7.10. The van der Waals surface area contributed by atoms with Gasteiger partial charge in [-0.25, -0.2) is 13.1 Å². The van der Waals surface area contributed by atoms with E-state index in [1.54, 1.807) is 12.1 Å². The van der Waals surface area contributed by atoms with Gasteiger partial charge in [0, 0.05) is 50.7 Å². The number of amides is 1. The highest BCUT2D eigenvalue weighted by atomic mass is 35.5. The third kappa shape index (κ3) is 6.54. The number of nitrogens with one attached hydrogen (secondary N) is 1. The van der Waals surface area contributed by atoms with Gasteiger partial charge in [0.2, 0.25) is 15.9 Å². The number of halogens is 1. The molecule has 0 unspecified atom stereocenters. The van der Waals surface area contributed by atoms with Gasteiger partial charge >= 0.3 is 0 Å². The SMILES string of the molecule is O=C(CCNS(=O)(=O)c1cccc(Cl)c1)N1CCCN(Cc2ccccc2)CC1. The van der Waals surface area contributed by atoms with Crippen molar-refractivity contribution < 1.29 is 13.2 Å². The van der Waals surface area contributed by atoms with Crippen LogP contribution in [0.2, 0.25) is 5.02 Å². The van der Waals surface area contributed by atoms with Gasteiger partial charge in [0.15, 0.2) is 0 Å². The largest absolute Gasteiger partial charge is 0.341 e. The van der Waals surface area contributed by atoms with Gasteiger partial charge in [-0.3, -0.25) is 9.69 Å². The van der Waals surface area contributed by atoms with Crippen molar-refractivity contribution in [3.8, 4) is 0 Å². The lowest BCUT2D eigenvalue weighted by Gasteiger charge is -2.22. The number of sulfonamides is 1. The molecule has 1 amide bonds. The Morgan fingerprint density at radius 3 is 2.55 bits per heavy atom. The highest BCUT2D eigenvalue weighted by Crippen LogP contribution is 2.15. The summed E-state index contributed by atoms with van der Waals surface area (Å²) in [6.45, 7) is 4.06.